The zero-order valence-electron chi connectivity index (χ0n) is 9.90. The van der Waals surface area contributed by atoms with Gasteiger partial charge in [-0.25, -0.2) is 0 Å². The van der Waals surface area contributed by atoms with Gasteiger partial charge in [0, 0.05) is 20.6 Å². The second-order valence-electron chi connectivity index (χ2n) is 3.83. The summed E-state index contributed by atoms with van der Waals surface area (Å²) in [6, 6.07) is 0. The Labute approximate surface area is 91.0 Å². The zero-order chi connectivity index (χ0) is 11.9. The molecule has 0 aromatic heterocycles. The van der Waals surface area contributed by atoms with Crippen LogP contribution in [0.1, 0.15) is 26.7 Å². The maximum atomic E-state index is 8.60. The van der Waals surface area contributed by atoms with E-state index in [1.807, 2.05) is 0 Å². The zero-order valence-corrected chi connectivity index (χ0v) is 9.90. The highest BCUT2D eigenvalue weighted by Gasteiger charge is 2.23. The van der Waals surface area contributed by atoms with Crippen LogP contribution in [-0.2, 0) is 14.2 Å². The Hall–Kier alpha value is -0.200. The maximum Gasteiger partial charge on any atom is 0.159 e. The molecule has 1 aliphatic heterocycles. The molecule has 1 rings (SSSR count). The molecule has 0 radical (unpaired) electrons. The molecule has 2 N–H and O–H groups in total. The summed E-state index contributed by atoms with van der Waals surface area (Å²) in [4.78, 5) is 0. The first kappa shape index (κ1) is 14.8. The van der Waals surface area contributed by atoms with Crippen LogP contribution in [0.5, 0.6) is 0 Å². The SMILES string of the molecule is COC(C)(C)O.COC1CCC(CO)O1. The summed E-state index contributed by atoms with van der Waals surface area (Å²) in [6.07, 6.45) is 1.74. The fraction of sp³-hybridized carbons (Fsp3) is 1.00. The van der Waals surface area contributed by atoms with Crippen molar-refractivity contribution >= 4 is 0 Å². The molecule has 0 amide bonds. The number of hydrogen-bond donors (Lipinski definition) is 2. The van der Waals surface area contributed by atoms with Gasteiger partial charge in [-0.3, -0.25) is 0 Å². The second-order valence-corrected chi connectivity index (χ2v) is 3.83. The molecule has 5 nitrogen and oxygen atoms in total. The Balaban J connectivity index is 0.000000288. The summed E-state index contributed by atoms with van der Waals surface area (Å²) in [5.74, 6) is -0.958. The second kappa shape index (κ2) is 7.14. The lowest BCUT2D eigenvalue weighted by Gasteiger charge is -2.12. The predicted molar refractivity (Wildman–Crippen MR) is 55.3 cm³/mol. The van der Waals surface area contributed by atoms with E-state index < -0.39 is 5.79 Å². The van der Waals surface area contributed by atoms with E-state index in [9.17, 15) is 0 Å². The lowest BCUT2D eigenvalue weighted by atomic mass is 10.2. The molecule has 0 saturated carbocycles. The third-order valence-corrected chi connectivity index (χ3v) is 2.03. The summed E-state index contributed by atoms with van der Waals surface area (Å²) >= 11 is 0. The molecule has 92 valence electrons. The van der Waals surface area contributed by atoms with Crippen LogP contribution in [0.2, 0.25) is 0 Å². The van der Waals surface area contributed by atoms with E-state index in [4.69, 9.17) is 19.7 Å². The van der Waals surface area contributed by atoms with Crippen LogP contribution in [-0.4, -0.2) is 49.2 Å². The van der Waals surface area contributed by atoms with E-state index in [2.05, 4.69) is 4.74 Å². The van der Waals surface area contributed by atoms with Crippen LogP contribution in [0.25, 0.3) is 0 Å². The molecule has 1 heterocycles. The van der Waals surface area contributed by atoms with E-state index >= 15 is 0 Å². The van der Waals surface area contributed by atoms with Gasteiger partial charge >= 0.3 is 0 Å². The molecule has 0 bridgehead atoms. The maximum absolute atomic E-state index is 8.60. The van der Waals surface area contributed by atoms with Gasteiger partial charge in [-0.05, 0) is 20.3 Å². The van der Waals surface area contributed by atoms with Gasteiger partial charge < -0.3 is 24.4 Å². The van der Waals surface area contributed by atoms with Gasteiger partial charge in [0.25, 0.3) is 0 Å². The van der Waals surface area contributed by atoms with E-state index in [0.717, 1.165) is 12.8 Å². The van der Waals surface area contributed by atoms with Gasteiger partial charge in [0.2, 0.25) is 0 Å². The molecule has 1 fully saturated rings. The average Bonchev–Trinajstić information content (AvgIpc) is 2.65. The molecule has 1 aliphatic rings. The summed E-state index contributed by atoms with van der Waals surface area (Å²) in [5.41, 5.74) is 0. The van der Waals surface area contributed by atoms with Crippen molar-refractivity contribution in [2.24, 2.45) is 0 Å². The monoisotopic (exact) mass is 222 g/mol. The highest BCUT2D eigenvalue weighted by molar-refractivity contribution is 4.65. The van der Waals surface area contributed by atoms with Gasteiger partial charge in [0.05, 0.1) is 12.7 Å². The van der Waals surface area contributed by atoms with Crippen LogP contribution < -0.4 is 0 Å². The van der Waals surface area contributed by atoms with E-state index in [0.29, 0.717) is 0 Å². The summed E-state index contributed by atoms with van der Waals surface area (Å²) in [7, 11) is 3.07. The molecule has 0 aromatic carbocycles. The average molecular weight is 222 g/mol. The molecule has 5 heteroatoms. The lowest BCUT2D eigenvalue weighted by Crippen LogP contribution is -2.20. The molecular weight excluding hydrogens is 200 g/mol. The van der Waals surface area contributed by atoms with Crippen molar-refractivity contribution in [3.63, 3.8) is 0 Å². The summed E-state index contributed by atoms with van der Waals surface area (Å²) < 4.78 is 14.6. The Morgan fingerprint density at radius 1 is 1.33 bits per heavy atom. The van der Waals surface area contributed by atoms with E-state index in [1.54, 1.807) is 21.0 Å². The van der Waals surface area contributed by atoms with Gasteiger partial charge in [0.1, 0.15) is 0 Å². The van der Waals surface area contributed by atoms with Crippen molar-refractivity contribution in [3.05, 3.63) is 0 Å². The third kappa shape index (κ3) is 7.70. The van der Waals surface area contributed by atoms with Gasteiger partial charge in [-0.15, -0.1) is 0 Å². The number of ether oxygens (including phenoxy) is 3. The predicted octanol–water partition coefficient (Wildman–Crippen LogP) is 0.491. The number of hydrogen-bond acceptors (Lipinski definition) is 5. The minimum atomic E-state index is -0.958. The van der Waals surface area contributed by atoms with E-state index in [-0.39, 0.29) is 19.0 Å². The van der Waals surface area contributed by atoms with Gasteiger partial charge in [-0.1, -0.05) is 0 Å². The molecule has 0 spiro atoms. The number of aliphatic hydroxyl groups excluding tert-OH is 1. The van der Waals surface area contributed by atoms with Crippen LogP contribution in [0.15, 0.2) is 0 Å². The highest BCUT2D eigenvalue weighted by atomic mass is 16.7. The molecular formula is C10H22O5. The Morgan fingerprint density at radius 3 is 2.07 bits per heavy atom. The smallest absolute Gasteiger partial charge is 0.159 e. The van der Waals surface area contributed by atoms with Crippen molar-refractivity contribution in [2.75, 3.05) is 20.8 Å². The first-order chi connectivity index (χ1) is 6.92. The Morgan fingerprint density at radius 2 is 1.87 bits per heavy atom. The van der Waals surface area contributed by atoms with Crippen LogP contribution in [0.4, 0.5) is 0 Å². The van der Waals surface area contributed by atoms with Crippen LogP contribution in [0.3, 0.4) is 0 Å². The topological polar surface area (TPSA) is 68.2 Å². The summed E-state index contributed by atoms with van der Waals surface area (Å²) in [5, 5.41) is 17.2. The van der Waals surface area contributed by atoms with Gasteiger partial charge in [0.15, 0.2) is 12.1 Å². The van der Waals surface area contributed by atoms with Crippen molar-refractivity contribution in [2.45, 2.75) is 44.9 Å². The minimum Gasteiger partial charge on any atom is -0.394 e. The minimum absolute atomic E-state index is 0.00921. The fourth-order valence-corrected chi connectivity index (χ4v) is 0.980. The van der Waals surface area contributed by atoms with E-state index in [1.165, 1.54) is 7.11 Å². The first-order valence-corrected chi connectivity index (χ1v) is 4.99. The normalized spacial score (nSPS) is 26.0. The molecule has 15 heavy (non-hydrogen) atoms. The lowest BCUT2D eigenvalue weighted by molar-refractivity contribution is -0.155. The largest absolute Gasteiger partial charge is 0.394 e. The van der Waals surface area contributed by atoms with Crippen LogP contribution >= 0.6 is 0 Å². The first-order valence-electron chi connectivity index (χ1n) is 4.99. The molecule has 1 saturated heterocycles. The number of aliphatic hydroxyl groups is 2. The third-order valence-electron chi connectivity index (χ3n) is 2.03. The molecule has 2 atom stereocenters. The van der Waals surface area contributed by atoms with Crippen molar-refractivity contribution < 1.29 is 24.4 Å². The Bertz CT molecular complexity index is 144. The Kier molecular flexibility index (Phi) is 7.04. The molecule has 0 aliphatic carbocycles. The fourth-order valence-electron chi connectivity index (χ4n) is 0.980. The highest BCUT2D eigenvalue weighted by Crippen LogP contribution is 2.18. The molecule has 0 aromatic rings. The summed E-state index contributed by atoms with van der Waals surface area (Å²) in [6.45, 7) is 3.26. The van der Waals surface area contributed by atoms with Gasteiger partial charge in [-0.2, -0.15) is 0 Å². The van der Waals surface area contributed by atoms with Crippen molar-refractivity contribution in [1.82, 2.24) is 0 Å². The molecule has 2 unspecified atom stereocenters. The standard InChI is InChI=1S/C6H12O3.C4H10O2/c1-8-6-3-2-5(4-7)9-6;1-4(2,5)6-3/h5-7H,2-4H2,1H3;5H,1-3H3. The number of rotatable bonds is 3. The van der Waals surface area contributed by atoms with Crippen LogP contribution in [0, 0.1) is 0 Å². The van der Waals surface area contributed by atoms with Crippen molar-refractivity contribution in [1.29, 1.82) is 0 Å². The van der Waals surface area contributed by atoms with Crippen molar-refractivity contribution in [3.8, 4) is 0 Å². The quantitative estimate of drug-likeness (QED) is 0.680. The number of methoxy groups -OCH3 is 2.